The summed E-state index contributed by atoms with van der Waals surface area (Å²) in [5.41, 5.74) is -0.687. The van der Waals surface area contributed by atoms with E-state index in [1.54, 1.807) is 0 Å². The summed E-state index contributed by atoms with van der Waals surface area (Å²) < 4.78 is 21.1. The summed E-state index contributed by atoms with van der Waals surface area (Å²) in [4.78, 5) is 36.1. The number of benzene rings is 1. The van der Waals surface area contributed by atoms with Crippen LogP contribution in [0.5, 0.6) is 11.5 Å². The Morgan fingerprint density at radius 2 is 2.03 bits per heavy atom. The first-order valence-electron chi connectivity index (χ1n) is 12.4. The number of anilines is 1. The third kappa shape index (κ3) is 4.11. The molecule has 0 aliphatic carbocycles. The van der Waals surface area contributed by atoms with Gasteiger partial charge in [0, 0.05) is 37.1 Å². The Bertz CT molecular complexity index is 1330. The van der Waals surface area contributed by atoms with Crippen LogP contribution < -0.4 is 9.64 Å². The molecule has 2 aromatic rings. The number of aromatic hydroxyl groups is 1. The Morgan fingerprint density at radius 3 is 2.66 bits per heavy atom. The van der Waals surface area contributed by atoms with Gasteiger partial charge in [0.1, 0.15) is 49.4 Å². The minimum atomic E-state index is -1.97. The molecule has 4 heterocycles. The number of halogens is 2. The van der Waals surface area contributed by atoms with Gasteiger partial charge in [0.2, 0.25) is 5.91 Å². The minimum absolute atomic E-state index is 0.00806. The van der Waals surface area contributed by atoms with Gasteiger partial charge >= 0.3 is 0 Å². The number of hydrogen-bond donors (Lipinski definition) is 1. The number of piperazine rings is 1. The van der Waals surface area contributed by atoms with E-state index < -0.39 is 28.7 Å². The molecule has 0 spiro atoms. The number of carbonyl (C=O) groups is 2. The Morgan fingerprint density at radius 1 is 1.29 bits per heavy atom. The van der Waals surface area contributed by atoms with Gasteiger partial charge in [0.15, 0.2) is 5.75 Å². The first-order valence-corrected chi connectivity index (χ1v) is 12.7. The van der Waals surface area contributed by atoms with Crippen LogP contribution in [0.2, 0.25) is 5.02 Å². The third-order valence-electron chi connectivity index (χ3n) is 7.60. The molecular formula is C26H26B2ClFN4O4. The number of carbonyl (C=O) groups excluding carboxylic acids is 2. The van der Waals surface area contributed by atoms with Gasteiger partial charge in [-0.15, -0.1) is 0 Å². The highest BCUT2D eigenvalue weighted by Crippen LogP contribution is 2.49. The number of phenols is 1. The molecule has 38 heavy (non-hydrogen) atoms. The standard InChI is InChI=1S/C26H26B2ClFN4O4/c1-4-17(36)32-11-12-33-16(13-32)26(27,28)38-22-19(24(33)37)23(34-10-6-9-25(34,2)3)31-21(20(22)29)18-14(30)7-5-8-15(18)35/h4-5,7-8,16,35H,1,6,9-13H2,2-3H3/t16-/m1/s1. The van der Waals surface area contributed by atoms with Crippen LogP contribution in [0.25, 0.3) is 11.3 Å². The summed E-state index contributed by atoms with van der Waals surface area (Å²) in [6.07, 6.45) is 2.84. The molecule has 3 aliphatic rings. The number of ether oxygens (including phenoxy) is 1. The molecule has 8 nitrogen and oxygen atoms in total. The second-order valence-electron chi connectivity index (χ2n) is 10.5. The fourth-order valence-corrected chi connectivity index (χ4v) is 5.83. The van der Waals surface area contributed by atoms with Crippen molar-refractivity contribution < 1.29 is 23.8 Å². The smallest absolute Gasteiger partial charge is 0.261 e. The second-order valence-corrected chi connectivity index (χ2v) is 10.8. The van der Waals surface area contributed by atoms with Gasteiger partial charge in [-0.1, -0.05) is 24.2 Å². The second kappa shape index (κ2) is 9.22. The van der Waals surface area contributed by atoms with Gasteiger partial charge < -0.3 is 24.5 Å². The van der Waals surface area contributed by atoms with Gasteiger partial charge in [-0.05, 0) is 44.9 Å². The number of pyridine rings is 1. The molecule has 194 valence electrons. The van der Waals surface area contributed by atoms with E-state index in [1.807, 2.05) is 18.7 Å². The third-order valence-corrected chi connectivity index (χ3v) is 7.95. The minimum Gasteiger partial charge on any atom is -0.507 e. The van der Waals surface area contributed by atoms with E-state index >= 15 is 4.39 Å². The van der Waals surface area contributed by atoms with E-state index in [9.17, 15) is 14.7 Å². The highest BCUT2D eigenvalue weighted by atomic mass is 35.5. The van der Waals surface area contributed by atoms with Crippen LogP contribution in [0.15, 0.2) is 30.9 Å². The van der Waals surface area contributed by atoms with Crippen molar-refractivity contribution in [3.05, 3.63) is 47.3 Å². The fourth-order valence-electron chi connectivity index (χ4n) is 5.56. The zero-order valence-electron chi connectivity index (χ0n) is 21.2. The van der Waals surface area contributed by atoms with Crippen LogP contribution in [0.1, 0.15) is 37.0 Å². The van der Waals surface area contributed by atoms with E-state index in [-0.39, 0.29) is 64.7 Å². The van der Waals surface area contributed by atoms with Crippen molar-refractivity contribution in [2.75, 3.05) is 31.1 Å². The molecule has 5 rings (SSSR count). The summed E-state index contributed by atoms with van der Waals surface area (Å²) in [7, 11) is 12.9. The molecule has 1 atom stereocenters. The number of phenolic OH excluding ortho intramolecular Hbond substituents is 1. The van der Waals surface area contributed by atoms with Gasteiger partial charge in [-0.25, -0.2) is 9.37 Å². The number of fused-ring (bicyclic) bond motifs is 2. The summed E-state index contributed by atoms with van der Waals surface area (Å²) in [6, 6.07) is 2.91. The first-order chi connectivity index (χ1) is 17.9. The van der Waals surface area contributed by atoms with Crippen molar-refractivity contribution in [2.24, 2.45) is 0 Å². The normalized spacial score (nSPS) is 21.8. The first kappa shape index (κ1) is 26.4. The Hall–Kier alpha value is -3.20. The Labute approximate surface area is 228 Å². The Kier molecular flexibility index (Phi) is 6.41. The molecule has 1 N–H and O–H groups in total. The van der Waals surface area contributed by atoms with Crippen LogP contribution in [0.4, 0.5) is 10.2 Å². The summed E-state index contributed by atoms with van der Waals surface area (Å²) in [6.45, 7) is 8.52. The van der Waals surface area contributed by atoms with Crippen molar-refractivity contribution in [1.29, 1.82) is 0 Å². The maximum Gasteiger partial charge on any atom is 0.261 e. The molecule has 1 aromatic carbocycles. The molecule has 12 heteroatoms. The predicted octanol–water partition coefficient (Wildman–Crippen LogP) is 2.85. The predicted molar refractivity (Wildman–Crippen MR) is 143 cm³/mol. The molecule has 4 radical (unpaired) electrons. The van der Waals surface area contributed by atoms with Gasteiger partial charge in [0.05, 0.1) is 11.6 Å². The molecule has 0 saturated carbocycles. The summed E-state index contributed by atoms with van der Waals surface area (Å²) >= 11 is 6.78. The number of nitrogens with zero attached hydrogens (tertiary/aromatic N) is 4. The van der Waals surface area contributed by atoms with Gasteiger partial charge in [-0.3, -0.25) is 9.59 Å². The van der Waals surface area contributed by atoms with E-state index in [1.165, 1.54) is 34.1 Å². The highest BCUT2D eigenvalue weighted by molar-refractivity contribution is 6.41. The average Bonchev–Trinajstić information content (AvgIpc) is 3.19. The number of hydrogen-bond acceptors (Lipinski definition) is 6. The lowest BCUT2D eigenvalue weighted by Gasteiger charge is -2.46. The molecular weight excluding hydrogens is 508 g/mol. The highest BCUT2D eigenvalue weighted by Gasteiger charge is 2.49. The molecule has 3 aliphatic heterocycles. The molecule has 1 aromatic heterocycles. The number of rotatable bonds is 3. The SMILES string of the molecule is [B]C1([B])Oc2c(Cl)c(-c3c(O)cccc3F)nc(N3CCCC3(C)C)c2C(=O)N2CCN(C(=O)C=C)C[C@@H]21. The Balaban J connectivity index is 1.76. The molecule has 2 fully saturated rings. The largest absolute Gasteiger partial charge is 0.507 e. The number of amides is 2. The number of aromatic nitrogens is 1. The lowest BCUT2D eigenvalue weighted by molar-refractivity contribution is -0.129. The zero-order valence-corrected chi connectivity index (χ0v) is 22.0. The average molecular weight is 535 g/mol. The van der Waals surface area contributed by atoms with Crippen molar-refractivity contribution >= 4 is 44.9 Å². The maximum atomic E-state index is 15.0. The van der Waals surface area contributed by atoms with Crippen molar-refractivity contribution in [2.45, 2.75) is 43.7 Å². The van der Waals surface area contributed by atoms with E-state index in [4.69, 9.17) is 37.0 Å². The van der Waals surface area contributed by atoms with E-state index in [0.717, 1.165) is 12.8 Å². The van der Waals surface area contributed by atoms with Crippen LogP contribution >= 0.6 is 11.6 Å². The lowest BCUT2D eigenvalue weighted by Crippen LogP contribution is -2.66. The molecule has 0 bridgehead atoms. The van der Waals surface area contributed by atoms with E-state index in [0.29, 0.717) is 6.54 Å². The fraction of sp³-hybridized carbons (Fsp3) is 0.423. The van der Waals surface area contributed by atoms with Crippen LogP contribution in [0, 0.1) is 5.82 Å². The van der Waals surface area contributed by atoms with E-state index in [2.05, 4.69) is 6.58 Å². The van der Waals surface area contributed by atoms with Crippen molar-refractivity contribution in [3.63, 3.8) is 0 Å². The van der Waals surface area contributed by atoms with Crippen molar-refractivity contribution in [3.8, 4) is 22.8 Å². The van der Waals surface area contributed by atoms with Gasteiger partial charge in [0.25, 0.3) is 5.91 Å². The van der Waals surface area contributed by atoms with Crippen LogP contribution in [-0.4, -0.2) is 90.6 Å². The van der Waals surface area contributed by atoms with Gasteiger partial charge in [-0.2, -0.15) is 0 Å². The summed E-state index contributed by atoms with van der Waals surface area (Å²) in [5.74, 6) is -1.85. The quantitative estimate of drug-likeness (QED) is 0.482. The topological polar surface area (TPSA) is 86.2 Å². The monoisotopic (exact) mass is 534 g/mol. The molecule has 2 amide bonds. The summed E-state index contributed by atoms with van der Waals surface area (Å²) in [5, 5.41) is 8.36. The lowest BCUT2D eigenvalue weighted by atomic mass is 9.59. The maximum absolute atomic E-state index is 15.0. The molecule has 2 saturated heterocycles. The zero-order chi connectivity index (χ0) is 27.6. The van der Waals surface area contributed by atoms with Crippen LogP contribution in [-0.2, 0) is 4.79 Å². The molecule has 0 unspecified atom stereocenters. The van der Waals surface area contributed by atoms with Crippen LogP contribution in [0.3, 0.4) is 0 Å². The van der Waals surface area contributed by atoms with Crippen molar-refractivity contribution in [1.82, 2.24) is 14.8 Å².